The molecular formula is C52H94O13. The highest BCUT2D eigenvalue weighted by Gasteiger charge is 2.41. The number of carbonyl (C=O) groups is 6. The Morgan fingerprint density at radius 2 is 0.385 bits per heavy atom. The van der Waals surface area contributed by atoms with Crippen molar-refractivity contribution in [3.8, 4) is 0 Å². The highest BCUT2D eigenvalue weighted by molar-refractivity contribution is 5.71. The van der Waals surface area contributed by atoms with Gasteiger partial charge in [0.25, 0.3) is 0 Å². The summed E-state index contributed by atoms with van der Waals surface area (Å²) in [4.78, 5) is 79.4. The number of hydrogen-bond acceptors (Lipinski definition) is 13. The van der Waals surface area contributed by atoms with Gasteiger partial charge < -0.3 is 33.2 Å². The number of hydrogen-bond donors (Lipinski definition) is 0. The molecular weight excluding hydrogens is 833 g/mol. The Morgan fingerprint density at radius 1 is 0.246 bits per heavy atom. The lowest BCUT2D eigenvalue weighted by Gasteiger charge is -2.36. The number of ether oxygens (including phenoxy) is 7. The van der Waals surface area contributed by atoms with Gasteiger partial charge in [-0.2, -0.15) is 0 Å². The van der Waals surface area contributed by atoms with E-state index in [1.807, 2.05) is 125 Å². The maximum atomic E-state index is 13.2. The van der Waals surface area contributed by atoms with Crippen LogP contribution in [0.2, 0.25) is 0 Å². The van der Waals surface area contributed by atoms with Crippen LogP contribution in [0.4, 0.5) is 0 Å². The van der Waals surface area contributed by atoms with Crippen molar-refractivity contribution in [1.29, 1.82) is 0 Å². The predicted octanol–water partition coefficient (Wildman–Crippen LogP) is 11.2. The molecule has 0 atom stereocenters. The smallest absolute Gasteiger partial charge is 0.305 e. The highest BCUT2D eigenvalue weighted by atomic mass is 16.6. The fourth-order valence-electron chi connectivity index (χ4n) is 5.68. The van der Waals surface area contributed by atoms with Gasteiger partial charge in [-0.05, 0) is 71.0 Å². The van der Waals surface area contributed by atoms with Crippen LogP contribution < -0.4 is 0 Å². The van der Waals surface area contributed by atoms with Crippen LogP contribution in [-0.4, -0.2) is 88.7 Å². The van der Waals surface area contributed by atoms with Gasteiger partial charge in [0.15, 0.2) is 0 Å². The quantitative estimate of drug-likeness (QED) is 0.0537. The van der Waals surface area contributed by atoms with Crippen molar-refractivity contribution >= 4 is 35.8 Å². The van der Waals surface area contributed by atoms with Crippen LogP contribution in [0, 0.1) is 43.3 Å². The Kier molecular flexibility index (Phi) is 25.6. The Bertz CT molecular complexity index is 1190. The summed E-state index contributed by atoms with van der Waals surface area (Å²) in [5.41, 5.74) is -3.64. The minimum absolute atomic E-state index is 0.127. The van der Waals surface area contributed by atoms with Crippen LogP contribution in [0.5, 0.6) is 0 Å². The number of rotatable bonds is 28. The molecule has 0 heterocycles. The average molecular weight is 927 g/mol. The molecule has 0 aromatic heterocycles. The first-order chi connectivity index (χ1) is 29.3. The fourth-order valence-corrected chi connectivity index (χ4v) is 5.68. The second-order valence-electron chi connectivity index (χ2n) is 25.8. The van der Waals surface area contributed by atoms with Crippen molar-refractivity contribution in [2.24, 2.45) is 43.3 Å². The predicted molar refractivity (Wildman–Crippen MR) is 254 cm³/mol. The van der Waals surface area contributed by atoms with E-state index in [4.69, 9.17) is 33.2 Å². The molecule has 0 saturated carbocycles. The summed E-state index contributed by atoms with van der Waals surface area (Å²) >= 11 is 0. The summed E-state index contributed by atoms with van der Waals surface area (Å²) in [6, 6.07) is 0. The zero-order valence-corrected chi connectivity index (χ0v) is 44.4. The molecule has 0 unspecified atom stereocenters. The standard InChI is InChI=1S/C52H94O13/c1-45(2,3)25-19-39(53)60-33-51(34-61-40(54)20-26-46(4,5)6,35-62-41(55)21-27-47(7,8)9)31-59-32-52(36-63-42(56)22-28-48(10,11)12,37-64-43(57)23-29-49(13,14)15)38-65-44(58)24-30-50(16,17)18/h19-38H2,1-18H3. The van der Waals surface area contributed by atoms with Gasteiger partial charge in [0.2, 0.25) is 0 Å². The minimum Gasteiger partial charge on any atom is -0.465 e. The van der Waals surface area contributed by atoms with Gasteiger partial charge in [-0.3, -0.25) is 28.8 Å². The van der Waals surface area contributed by atoms with E-state index in [1.165, 1.54) is 0 Å². The number of carbonyl (C=O) groups excluding carboxylic acids is 6. The zero-order valence-electron chi connectivity index (χ0n) is 44.4. The Hall–Kier alpha value is -3.22. The zero-order chi connectivity index (χ0) is 50.6. The molecule has 380 valence electrons. The van der Waals surface area contributed by atoms with E-state index in [1.54, 1.807) is 0 Å². The monoisotopic (exact) mass is 927 g/mol. The van der Waals surface area contributed by atoms with Crippen LogP contribution in [0.25, 0.3) is 0 Å². The van der Waals surface area contributed by atoms with Crippen molar-refractivity contribution < 1.29 is 61.9 Å². The Morgan fingerprint density at radius 3 is 0.508 bits per heavy atom. The Balaban J connectivity index is 7.20. The SMILES string of the molecule is CC(C)(C)CCC(=O)OCC(COCC(COC(=O)CCC(C)(C)C)(COC(=O)CCC(C)(C)C)COC(=O)CCC(C)(C)C)(COC(=O)CCC(C)(C)C)COC(=O)CCC(C)(C)C. The van der Waals surface area contributed by atoms with E-state index in [0.717, 1.165) is 0 Å². The number of esters is 6. The third-order valence-corrected chi connectivity index (χ3v) is 10.5. The van der Waals surface area contributed by atoms with Crippen LogP contribution in [0.15, 0.2) is 0 Å². The van der Waals surface area contributed by atoms with E-state index >= 15 is 0 Å². The summed E-state index contributed by atoms with van der Waals surface area (Å²) in [6.07, 6.45) is 4.09. The summed E-state index contributed by atoms with van der Waals surface area (Å²) in [6.45, 7) is 33.8. The molecule has 0 N–H and O–H groups in total. The van der Waals surface area contributed by atoms with E-state index in [2.05, 4.69) is 0 Å². The van der Waals surface area contributed by atoms with Crippen molar-refractivity contribution in [2.75, 3.05) is 52.9 Å². The van der Waals surface area contributed by atoms with Crippen LogP contribution in [0.1, 0.15) is 202 Å². The van der Waals surface area contributed by atoms with E-state index in [9.17, 15) is 28.8 Å². The molecule has 0 spiro atoms. The molecule has 0 fully saturated rings. The molecule has 0 amide bonds. The molecule has 0 rings (SSSR count). The van der Waals surface area contributed by atoms with E-state index in [0.29, 0.717) is 38.5 Å². The lowest BCUT2D eigenvalue weighted by molar-refractivity contribution is -0.176. The first kappa shape index (κ1) is 61.8. The molecule has 0 aliphatic carbocycles. The average Bonchev–Trinajstić information content (AvgIpc) is 3.15. The Labute approximate surface area is 394 Å². The second kappa shape index (κ2) is 26.9. The second-order valence-corrected chi connectivity index (χ2v) is 25.8. The summed E-state index contributed by atoms with van der Waals surface area (Å²) in [5, 5.41) is 0. The van der Waals surface area contributed by atoms with E-state index in [-0.39, 0.29) is 124 Å². The van der Waals surface area contributed by atoms with Gasteiger partial charge in [0.1, 0.15) is 39.6 Å². The van der Waals surface area contributed by atoms with Gasteiger partial charge in [-0.15, -0.1) is 0 Å². The third-order valence-electron chi connectivity index (χ3n) is 10.5. The molecule has 0 radical (unpaired) electrons. The first-order valence-electron chi connectivity index (χ1n) is 23.8. The molecule has 0 aliphatic heterocycles. The maximum Gasteiger partial charge on any atom is 0.305 e. The van der Waals surface area contributed by atoms with Crippen LogP contribution in [-0.2, 0) is 61.9 Å². The summed E-state index contributed by atoms with van der Waals surface area (Å²) in [7, 11) is 0. The molecule has 65 heavy (non-hydrogen) atoms. The lowest BCUT2D eigenvalue weighted by Crippen LogP contribution is -2.47. The van der Waals surface area contributed by atoms with Gasteiger partial charge >= 0.3 is 35.8 Å². The van der Waals surface area contributed by atoms with Crippen molar-refractivity contribution in [3.05, 3.63) is 0 Å². The van der Waals surface area contributed by atoms with Crippen LogP contribution >= 0.6 is 0 Å². The van der Waals surface area contributed by atoms with Gasteiger partial charge in [-0.25, -0.2) is 0 Å². The topological polar surface area (TPSA) is 167 Å². The first-order valence-corrected chi connectivity index (χ1v) is 23.8. The van der Waals surface area contributed by atoms with Crippen molar-refractivity contribution in [2.45, 2.75) is 202 Å². The van der Waals surface area contributed by atoms with Crippen LogP contribution in [0.3, 0.4) is 0 Å². The maximum absolute atomic E-state index is 13.2. The molecule has 0 aliphatic rings. The van der Waals surface area contributed by atoms with Gasteiger partial charge in [0.05, 0.1) is 24.0 Å². The lowest BCUT2D eigenvalue weighted by atomic mass is 9.89. The molecule has 0 saturated heterocycles. The summed E-state index contributed by atoms with van der Waals surface area (Å²) < 4.78 is 41.7. The minimum atomic E-state index is -1.39. The molecule has 0 aromatic rings. The third kappa shape index (κ3) is 35.6. The normalized spacial score (nSPS) is 13.2. The molecule has 13 heteroatoms. The van der Waals surface area contributed by atoms with E-state index < -0.39 is 46.6 Å². The fraction of sp³-hybridized carbons (Fsp3) is 0.885. The van der Waals surface area contributed by atoms with Gasteiger partial charge in [0, 0.05) is 38.5 Å². The molecule has 13 nitrogen and oxygen atoms in total. The largest absolute Gasteiger partial charge is 0.465 e. The highest BCUT2D eigenvalue weighted by Crippen LogP contribution is 2.30. The summed E-state index contributed by atoms with van der Waals surface area (Å²) in [5.74, 6) is -2.90. The van der Waals surface area contributed by atoms with Gasteiger partial charge in [-0.1, -0.05) is 125 Å². The van der Waals surface area contributed by atoms with Crippen molar-refractivity contribution in [1.82, 2.24) is 0 Å². The molecule has 0 aromatic carbocycles. The molecule has 0 bridgehead atoms. The van der Waals surface area contributed by atoms with Crippen molar-refractivity contribution in [3.63, 3.8) is 0 Å².